The number of hydrogen-bond acceptors (Lipinski definition) is 5. The lowest BCUT2D eigenvalue weighted by Gasteiger charge is -2.12. The van der Waals surface area contributed by atoms with Crippen LogP contribution in [0.3, 0.4) is 0 Å². The Morgan fingerprint density at radius 1 is 1.18 bits per heavy atom. The molecule has 0 aliphatic heterocycles. The maximum atomic E-state index is 11.2. The van der Waals surface area contributed by atoms with Gasteiger partial charge in [-0.15, -0.1) is 0 Å². The van der Waals surface area contributed by atoms with Gasteiger partial charge in [0.05, 0.1) is 0 Å². The Morgan fingerprint density at radius 3 is 2.09 bits per heavy atom. The standard InChI is InChI=1S/C5H13O5P/c1-7-4-10-5-11(6,8-2)9-3/h4-5H2,1-3H3. The number of ether oxygens (including phenoxy) is 2. The molecule has 0 heterocycles. The number of rotatable bonds is 6. The van der Waals surface area contributed by atoms with Gasteiger partial charge in [0, 0.05) is 21.3 Å². The Bertz CT molecular complexity index is 129. The van der Waals surface area contributed by atoms with Crippen molar-refractivity contribution >= 4 is 7.60 Å². The fraction of sp³-hybridized carbons (Fsp3) is 1.00. The van der Waals surface area contributed by atoms with Gasteiger partial charge in [0.15, 0.2) is 6.35 Å². The Balaban J connectivity index is 3.61. The van der Waals surface area contributed by atoms with E-state index < -0.39 is 7.60 Å². The van der Waals surface area contributed by atoms with E-state index in [0.29, 0.717) is 0 Å². The molecule has 0 aromatic rings. The van der Waals surface area contributed by atoms with Gasteiger partial charge in [0.1, 0.15) is 6.79 Å². The first-order valence-corrected chi connectivity index (χ1v) is 4.68. The minimum absolute atomic E-state index is 0.0801. The lowest BCUT2D eigenvalue weighted by molar-refractivity contribution is -0.0179. The normalized spacial score (nSPS) is 11.9. The minimum atomic E-state index is -3.01. The maximum Gasteiger partial charge on any atom is 0.355 e. The summed E-state index contributed by atoms with van der Waals surface area (Å²) in [6.45, 7) is 0.0801. The predicted octanol–water partition coefficient (Wildman–Crippen LogP) is 1.05. The highest BCUT2D eigenvalue weighted by Gasteiger charge is 2.20. The van der Waals surface area contributed by atoms with E-state index in [2.05, 4.69) is 13.8 Å². The van der Waals surface area contributed by atoms with Gasteiger partial charge in [-0.1, -0.05) is 0 Å². The Labute approximate surface area is 66.1 Å². The lowest BCUT2D eigenvalue weighted by Crippen LogP contribution is -2.01. The van der Waals surface area contributed by atoms with Gasteiger partial charge in [0.2, 0.25) is 0 Å². The van der Waals surface area contributed by atoms with E-state index in [0.717, 1.165) is 0 Å². The second-order valence-electron chi connectivity index (χ2n) is 1.72. The molecule has 0 fully saturated rings. The maximum absolute atomic E-state index is 11.2. The summed E-state index contributed by atoms with van der Waals surface area (Å²) < 4.78 is 29.7. The number of hydrogen-bond donors (Lipinski definition) is 0. The van der Waals surface area contributed by atoms with Crippen molar-refractivity contribution in [2.45, 2.75) is 0 Å². The molecular formula is C5H13O5P. The highest BCUT2D eigenvalue weighted by atomic mass is 31.2. The largest absolute Gasteiger partial charge is 0.359 e. The van der Waals surface area contributed by atoms with E-state index >= 15 is 0 Å². The third-order valence-electron chi connectivity index (χ3n) is 1.01. The van der Waals surface area contributed by atoms with E-state index in [-0.39, 0.29) is 13.1 Å². The lowest BCUT2D eigenvalue weighted by atomic mass is 11.4. The van der Waals surface area contributed by atoms with Gasteiger partial charge >= 0.3 is 7.60 Å². The molecule has 0 aliphatic carbocycles. The summed E-state index contributed by atoms with van der Waals surface area (Å²) in [5.74, 6) is 0. The molecule has 0 atom stereocenters. The molecule has 0 spiro atoms. The molecule has 0 bridgehead atoms. The van der Waals surface area contributed by atoms with Crippen LogP contribution in [0.15, 0.2) is 0 Å². The second-order valence-corrected chi connectivity index (χ2v) is 3.93. The van der Waals surface area contributed by atoms with Crippen LogP contribution in [0.25, 0.3) is 0 Å². The molecule has 0 aliphatic rings. The third kappa shape index (κ3) is 4.50. The summed E-state index contributed by atoms with van der Waals surface area (Å²) in [6, 6.07) is 0. The van der Waals surface area contributed by atoms with E-state index in [1.54, 1.807) is 0 Å². The van der Waals surface area contributed by atoms with Crippen molar-refractivity contribution in [1.82, 2.24) is 0 Å². The SMILES string of the molecule is COCOCP(=O)(OC)OC. The predicted molar refractivity (Wildman–Crippen MR) is 39.5 cm³/mol. The summed E-state index contributed by atoms with van der Waals surface area (Å²) in [5, 5.41) is 0. The van der Waals surface area contributed by atoms with E-state index in [4.69, 9.17) is 4.74 Å². The van der Waals surface area contributed by atoms with Crippen molar-refractivity contribution in [3.05, 3.63) is 0 Å². The fourth-order valence-corrected chi connectivity index (χ4v) is 1.07. The molecule has 6 heteroatoms. The van der Waals surface area contributed by atoms with Gasteiger partial charge in [-0.2, -0.15) is 0 Å². The Kier molecular flexibility index (Phi) is 5.72. The third-order valence-corrected chi connectivity index (χ3v) is 2.62. The van der Waals surface area contributed by atoms with Crippen molar-refractivity contribution in [1.29, 1.82) is 0 Å². The van der Waals surface area contributed by atoms with Crippen LogP contribution in [0, 0.1) is 0 Å². The Morgan fingerprint density at radius 2 is 1.73 bits per heavy atom. The van der Waals surface area contributed by atoms with Crippen LogP contribution in [0.1, 0.15) is 0 Å². The summed E-state index contributed by atoms with van der Waals surface area (Å²) in [7, 11) is 1.08. The average molecular weight is 184 g/mol. The molecule has 11 heavy (non-hydrogen) atoms. The molecule has 0 aromatic carbocycles. The minimum Gasteiger partial charge on any atom is -0.359 e. The first kappa shape index (κ1) is 11.1. The first-order chi connectivity index (χ1) is 5.18. The van der Waals surface area contributed by atoms with Crippen LogP contribution in [-0.4, -0.2) is 34.5 Å². The van der Waals surface area contributed by atoms with Crippen LogP contribution in [0.4, 0.5) is 0 Å². The molecule has 0 unspecified atom stereocenters. The van der Waals surface area contributed by atoms with Gasteiger partial charge in [-0.3, -0.25) is 4.57 Å². The van der Waals surface area contributed by atoms with Crippen LogP contribution in [0.5, 0.6) is 0 Å². The fourth-order valence-electron chi connectivity index (χ4n) is 0.412. The molecule has 0 saturated heterocycles. The van der Waals surface area contributed by atoms with Crippen molar-refractivity contribution < 1.29 is 23.1 Å². The molecular weight excluding hydrogens is 171 g/mol. The quantitative estimate of drug-likeness (QED) is 0.351. The zero-order valence-corrected chi connectivity index (χ0v) is 7.80. The summed E-state index contributed by atoms with van der Waals surface area (Å²) in [5.41, 5.74) is 0. The van der Waals surface area contributed by atoms with Gasteiger partial charge < -0.3 is 18.5 Å². The molecule has 0 amide bonds. The monoisotopic (exact) mass is 184 g/mol. The van der Waals surface area contributed by atoms with E-state index in [1.807, 2.05) is 0 Å². The van der Waals surface area contributed by atoms with Gasteiger partial charge in [0.25, 0.3) is 0 Å². The van der Waals surface area contributed by atoms with E-state index in [1.165, 1.54) is 21.3 Å². The molecule has 0 saturated carbocycles. The topological polar surface area (TPSA) is 54.0 Å². The van der Waals surface area contributed by atoms with Crippen molar-refractivity contribution in [3.8, 4) is 0 Å². The molecule has 5 nitrogen and oxygen atoms in total. The molecule has 0 rings (SSSR count). The summed E-state index contributed by atoms with van der Waals surface area (Å²) in [6.07, 6.45) is -0.0894. The molecule has 0 N–H and O–H groups in total. The van der Waals surface area contributed by atoms with Gasteiger partial charge in [-0.05, 0) is 0 Å². The molecule has 0 radical (unpaired) electrons. The zero-order chi connectivity index (χ0) is 8.74. The van der Waals surface area contributed by atoms with Crippen molar-refractivity contribution in [2.24, 2.45) is 0 Å². The summed E-state index contributed by atoms with van der Waals surface area (Å²) in [4.78, 5) is 0. The molecule has 0 aromatic heterocycles. The smallest absolute Gasteiger partial charge is 0.355 e. The Hall–Kier alpha value is 0.0700. The highest BCUT2D eigenvalue weighted by Crippen LogP contribution is 2.45. The zero-order valence-electron chi connectivity index (χ0n) is 6.90. The van der Waals surface area contributed by atoms with Crippen LogP contribution < -0.4 is 0 Å². The average Bonchev–Trinajstić information content (AvgIpc) is 2.05. The van der Waals surface area contributed by atoms with Crippen LogP contribution >= 0.6 is 7.60 Å². The molecule has 68 valence electrons. The second kappa shape index (κ2) is 5.69. The van der Waals surface area contributed by atoms with Crippen molar-refractivity contribution in [2.75, 3.05) is 34.5 Å². The first-order valence-electron chi connectivity index (χ1n) is 2.95. The van der Waals surface area contributed by atoms with Crippen molar-refractivity contribution in [3.63, 3.8) is 0 Å². The summed E-state index contributed by atoms with van der Waals surface area (Å²) >= 11 is 0. The van der Waals surface area contributed by atoms with E-state index in [9.17, 15) is 4.57 Å². The van der Waals surface area contributed by atoms with Gasteiger partial charge in [-0.25, -0.2) is 0 Å². The van der Waals surface area contributed by atoms with Crippen LogP contribution in [-0.2, 0) is 23.1 Å². The highest BCUT2D eigenvalue weighted by molar-refractivity contribution is 7.53. The van der Waals surface area contributed by atoms with Crippen LogP contribution in [0.2, 0.25) is 0 Å². The number of methoxy groups -OCH3 is 1.